The number of nitro groups is 1. The van der Waals surface area contributed by atoms with Gasteiger partial charge in [-0.05, 0) is 6.07 Å². The highest BCUT2D eigenvalue weighted by Crippen LogP contribution is 2.24. The Bertz CT molecular complexity index is 733. The zero-order valence-corrected chi connectivity index (χ0v) is 13.6. The first-order chi connectivity index (χ1) is 10.8. The largest absolute Gasteiger partial charge is 0.433 e. The molecule has 0 amide bonds. The van der Waals surface area contributed by atoms with Gasteiger partial charge in [0.05, 0.1) is 12.6 Å². The molecule has 0 aromatic carbocycles. The maximum atomic E-state index is 10.7. The van der Waals surface area contributed by atoms with Gasteiger partial charge in [-0.3, -0.25) is 15.0 Å². The molecule has 0 saturated carbocycles. The zero-order valence-electron chi connectivity index (χ0n) is 13.6. The van der Waals surface area contributed by atoms with E-state index in [1.54, 1.807) is 6.07 Å². The van der Waals surface area contributed by atoms with Gasteiger partial charge >= 0.3 is 5.88 Å². The van der Waals surface area contributed by atoms with E-state index >= 15 is 0 Å². The first-order valence-electron chi connectivity index (χ1n) is 7.63. The summed E-state index contributed by atoms with van der Waals surface area (Å²) >= 11 is 0. The van der Waals surface area contributed by atoms with Crippen LogP contribution in [0, 0.1) is 10.1 Å². The number of hydrogen-bond donors (Lipinski definition) is 0. The van der Waals surface area contributed by atoms with Gasteiger partial charge in [0.2, 0.25) is 0 Å². The summed E-state index contributed by atoms with van der Waals surface area (Å²) < 4.78 is 5.23. The van der Waals surface area contributed by atoms with Crippen molar-refractivity contribution in [3.05, 3.63) is 51.3 Å². The molecule has 0 spiro atoms. The summed E-state index contributed by atoms with van der Waals surface area (Å²) in [7, 11) is 0. The highest BCUT2D eigenvalue weighted by Gasteiger charge is 2.23. The lowest BCUT2D eigenvalue weighted by molar-refractivity contribution is -0.402. The minimum absolute atomic E-state index is 0.0563. The lowest BCUT2D eigenvalue weighted by Gasteiger charge is -2.28. The van der Waals surface area contributed by atoms with Crippen molar-refractivity contribution in [3.8, 4) is 0 Å². The Morgan fingerprint density at radius 3 is 2.83 bits per heavy atom. The van der Waals surface area contributed by atoms with Gasteiger partial charge in [-0.25, -0.2) is 9.97 Å². The molecule has 3 heterocycles. The third kappa shape index (κ3) is 3.39. The summed E-state index contributed by atoms with van der Waals surface area (Å²) in [5.41, 5.74) is 2.16. The van der Waals surface area contributed by atoms with Gasteiger partial charge in [-0.15, -0.1) is 0 Å². The zero-order chi connectivity index (χ0) is 16.6. The van der Waals surface area contributed by atoms with Crippen LogP contribution in [0.5, 0.6) is 0 Å². The summed E-state index contributed by atoms with van der Waals surface area (Å²) in [6.45, 7) is 8.44. The lowest BCUT2D eigenvalue weighted by Crippen LogP contribution is -2.31. The van der Waals surface area contributed by atoms with E-state index in [0.717, 1.165) is 36.6 Å². The molecule has 1 aliphatic heterocycles. The summed E-state index contributed by atoms with van der Waals surface area (Å²) in [6.07, 6.45) is 2.75. The lowest BCUT2D eigenvalue weighted by atomic mass is 9.95. The maximum Gasteiger partial charge on any atom is 0.433 e. The summed E-state index contributed by atoms with van der Waals surface area (Å²) in [4.78, 5) is 21.5. The van der Waals surface area contributed by atoms with Gasteiger partial charge in [0, 0.05) is 42.4 Å². The normalized spacial score (nSPS) is 15.4. The van der Waals surface area contributed by atoms with E-state index in [-0.39, 0.29) is 11.3 Å². The van der Waals surface area contributed by atoms with Crippen LogP contribution < -0.4 is 0 Å². The van der Waals surface area contributed by atoms with Crippen molar-refractivity contribution in [3.63, 3.8) is 0 Å². The molecule has 0 aliphatic carbocycles. The average molecular weight is 316 g/mol. The van der Waals surface area contributed by atoms with Crippen molar-refractivity contribution < 1.29 is 9.34 Å². The molecule has 122 valence electrons. The van der Waals surface area contributed by atoms with E-state index in [4.69, 9.17) is 9.40 Å². The van der Waals surface area contributed by atoms with Crippen molar-refractivity contribution in [2.75, 3.05) is 6.54 Å². The summed E-state index contributed by atoms with van der Waals surface area (Å²) in [5.74, 6) is 1.26. The maximum absolute atomic E-state index is 10.7. The highest BCUT2D eigenvalue weighted by molar-refractivity contribution is 5.23. The number of nitrogens with zero attached hydrogens (tertiary/aromatic N) is 4. The molecule has 0 N–H and O–H groups in total. The Balaban J connectivity index is 1.71. The van der Waals surface area contributed by atoms with E-state index in [1.165, 1.54) is 6.07 Å². The van der Waals surface area contributed by atoms with E-state index in [0.29, 0.717) is 12.3 Å². The fourth-order valence-corrected chi connectivity index (χ4v) is 2.64. The Hall–Kier alpha value is -2.28. The van der Waals surface area contributed by atoms with Crippen LogP contribution in [0.2, 0.25) is 0 Å². The molecule has 1 aliphatic rings. The summed E-state index contributed by atoms with van der Waals surface area (Å²) in [5, 5.41) is 10.7. The molecule has 7 nitrogen and oxygen atoms in total. The van der Waals surface area contributed by atoms with E-state index in [9.17, 15) is 10.1 Å². The van der Waals surface area contributed by atoms with Gasteiger partial charge in [-0.2, -0.15) is 0 Å². The minimum atomic E-state index is -0.517. The molecule has 0 unspecified atom stereocenters. The van der Waals surface area contributed by atoms with Crippen LogP contribution in [0.25, 0.3) is 0 Å². The van der Waals surface area contributed by atoms with Crippen molar-refractivity contribution in [2.24, 2.45) is 0 Å². The highest BCUT2D eigenvalue weighted by atomic mass is 16.6. The fourth-order valence-electron chi connectivity index (χ4n) is 2.64. The van der Waals surface area contributed by atoms with Gasteiger partial charge < -0.3 is 4.42 Å². The molecule has 3 rings (SSSR count). The Kier molecular flexibility index (Phi) is 3.89. The third-order valence-corrected chi connectivity index (χ3v) is 3.89. The molecule has 0 atom stereocenters. The topological polar surface area (TPSA) is 85.3 Å². The second-order valence-corrected chi connectivity index (χ2v) is 6.87. The number of rotatable bonds is 3. The molecule has 0 bridgehead atoms. The fraction of sp³-hybridized carbons (Fsp3) is 0.500. The second-order valence-electron chi connectivity index (χ2n) is 6.87. The molecule has 2 aromatic rings. The van der Waals surface area contributed by atoms with Gasteiger partial charge in [-0.1, -0.05) is 20.8 Å². The second kappa shape index (κ2) is 5.73. The van der Waals surface area contributed by atoms with Crippen molar-refractivity contribution >= 4 is 5.88 Å². The predicted molar refractivity (Wildman–Crippen MR) is 83.9 cm³/mol. The quantitative estimate of drug-likeness (QED) is 0.639. The van der Waals surface area contributed by atoms with Crippen molar-refractivity contribution in [1.82, 2.24) is 14.9 Å². The minimum Gasteiger partial charge on any atom is -0.404 e. The number of aromatic nitrogens is 2. The van der Waals surface area contributed by atoms with Crippen LogP contribution in [0.15, 0.2) is 22.7 Å². The first-order valence-corrected chi connectivity index (χ1v) is 7.63. The van der Waals surface area contributed by atoms with E-state index < -0.39 is 4.92 Å². The van der Waals surface area contributed by atoms with Crippen LogP contribution >= 0.6 is 0 Å². The molecular weight excluding hydrogens is 296 g/mol. The van der Waals surface area contributed by atoms with Crippen LogP contribution in [0.3, 0.4) is 0 Å². The van der Waals surface area contributed by atoms with Crippen LogP contribution in [0.4, 0.5) is 5.88 Å². The van der Waals surface area contributed by atoms with Crippen molar-refractivity contribution in [2.45, 2.75) is 45.7 Å². The van der Waals surface area contributed by atoms with Crippen LogP contribution in [0.1, 0.15) is 43.6 Å². The van der Waals surface area contributed by atoms with E-state index in [2.05, 4.69) is 30.7 Å². The Labute approximate surface area is 134 Å². The van der Waals surface area contributed by atoms with Gasteiger partial charge in [0.1, 0.15) is 16.5 Å². The molecule has 0 saturated heterocycles. The van der Waals surface area contributed by atoms with Gasteiger partial charge in [0.15, 0.2) is 0 Å². The molecular formula is C16H20N4O3. The number of hydrogen-bond acceptors (Lipinski definition) is 6. The molecule has 23 heavy (non-hydrogen) atoms. The third-order valence-electron chi connectivity index (χ3n) is 3.89. The Morgan fingerprint density at radius 1 is 1.39 bits per heavy atom. The first kappa shape index (κ1) is 15.6. The Morgan fingerprint density at radius 2 is 2.17 bits per heavy atom. The molecule has 0 radical (unpaired) electrons. The van der Waals surface area contributed by atoms with E-state index in [1.807, 2.05) is 6.20 Å². The molecule has 2 aromatic heterocycles. The number of furan rings is 1. The number of fused-ring (bicyclic) bond motifs is 1. The monoisotopic (exact) mass is 316 g/mol. The van der Waals surface area contributed by atoms with Crippen LogP contribution in [-0.4, -0.2) is 26.3 Å². The SMILES string of the molecule is CC(C)(C)c1ncc2c(n1)CCN(Cc1ccc([N+](=O)[O-])o1)C2. The van der Waals surface area contributed by atoms with Gasteiger partial charge in [0.25, 0.3) is 0 Å². The predicted octanol–water partition coefficient (Wildman–Crippen LogP) is 2.83. The van der Waals surface area contributed by atoms with Crippen molar-refractivity contribution in [1.29, 1.82) is 0 Å². The standard InChI is InChI=1S/C16H20N4O3/c1-16(2,3)15-17-8-11-9-19(7-6-13(11)18-15)10-12-4-5-14(23-12)20(21)22/h4-5,8H,6-7,9-10H2,1-3H3. The molecule has 0 fully saturated rings. The average Bonchev–Trinajstić information content (AvgIpc) is 2.94. The summed E-state index contributed by atoms with van der Waals surface area (Å²) in [6, 6.07) is 3.05. The smallest absolute Gasteiger partial charge is 0.404 e. The molecule has 7 heteroatoms. The van der Waals surface area contributed by atoms with Crippen LogP contribution in [-0.2, 0) is 24.9 Å².